The van der Waals surface area contributed by atoms with E-state index in [0.717, 1.165) is 51.0 Å². The smallest absolute Gasteiger partial charge is 0.191 e. The molecule has 1 saturated heterocycles. The van der Waals surface area contributed by atoms with E-state index in [-0.39, 0.29) is 0 Å². The monoisotopic (exact) mass is 312 g/mol. The Labute approximate surface area is 136 Å². The number of unbranched alkanes of at least 4 members (excludes halogenated alkanes) is 1. The van der Waals surface area contributed by atoms with Gasteiger partial charge in [0.15, 0.2) is 5.96 Å². The molecule has 1 aliphatic heterocycles. The lowest BCUT2D eigenvalue weighted by Gasteiger charge is -2.35. The second kappa shape index (κ2) is 11.7. The van der Waals surface area contributed by atoms with Gasteiger partial charge in [0.05, 0.1) is 0 Å². The molecular weight excluding hydrogens is 276 g/mol. The molecule has 0 amide bonds. The lowest BCUT2D eigenvalue weighted by Crippen LogP contribution is -2.48. The minimum atomic E-state index is 0.559. The van der Waals surface area contributed by atoms with Gasteiger partial charge >= 0.3 is 0 Å². The number of hydrogen-bond donors (Lipinski definition) is 2. The average molecular weight is 313 g/mol. The normalized spacial score (nSPS) is 19.2. The molecule has 0 saturated carbocycles. The maximum Gasteiger partial charge on any atom is 0.191 e. The highest BCUT2D eigenvalue weighted by Gasteiger charge is 2.20. The molecular formula is C17H36N4O. The fourth-order valence-corrected chi connectivity index (χ4v) is 2.74. The number of guanidine groups is 1. The first-order valence-electron chi connectivity index (χ1n) is 8.93. The lowest BCUT2D eigenvalue weighted by molar-refractivity contribution is 0.143. The van der Waals surface area contributed by atoms with Gasteiger partial charge < -0.3 is 15.4 Å². The van der Waals surface area contributed by atoms with Crippen molar-refractivity contribution in [3.8, 4) is 0 Å². The summed E-state index contributed by atoms with van der Waals surface area (Å²) in [5.41, 5.74) is 0. The number of rotatable bonds is 9. The number of nitrogens with zero attached hydrogens (tertiary/aromatic N) is 2. The van der Waals surface area contributed by atoms with Gasteiger partial charge in [-0.25, -0.2) is 0 Å². The fourth-order valence-electron chi connectivity index (χ4n) is 2.74. The summed E-state index contributed by atoms with van der Waals surface area (Å²) in [5.74, 6) is 1.80. The quantitative estimate of drug-likeness (QED) is 0.389. The molecule has 5 heteroatoms. The van der Waals surface area contributed by atoms with E-state index in [1.165, 1.54) is 25.9 Å². The molecule has 1 heterocycles. The van der Waals surface area contributed by atoms with E-state index < -0.39 is 0 Å². The summed E-state index contributed by atoms with van der Waals surface area (Å²) < 4.78 is 5.34. The molecule has 5 nitrogen and oxygen atoms in total. The van der Waals surface area contributed by atoms with Crippen molar-refractivity contribution in [2.75, 3.05) is 46.4 Å². The first-order chi connectivity index (χ1) is 10.7. The van der Waals surface area contributed by atoms with Crippen LogP contribution in [0.3, 0.4) is 0 Å². The lowest BCUT2D eigenvalue weighted by atomic mass is 9.98. The van der Waals surface area contributed by atoms with Crippen LogP contribution in [0.1, 0.15) is 46.5 Å². The molecule has 22 heavy (non-hydrogen) atoms. The van der Waals surface area contributed by atoms with Gasteiger partial charge in [0.25, 0.3) is 0 Å². The maximum atomic E-state index is 5.34. The van der Waals surface area contributed by atoms with E-state index in [1.807, 2.05) is 14.0 Å². The molecule has 1 atom stereocenters. The van der Waals surface area contributed by atoms with Crippen LogP contribution in [0.25, 0.3) is 0 Å². The molecule has 130 valence electrons. The average Bonchev–Trinajstić information content (AvgIpc) is 2.54. The molecule has 0 spiro atoms. The Bertz CT molecular complexity index is 301. The molecule has 1 aliphatic rings. The summed E-state index contributed by atoms with van der Waals surface area (Å²) in [6.45, 7) is 12.7. The van der Waals surface area contributed by atoms with Crippen LogP contribution in [0.15, 0.2) is 4.99 Å². The van der Waals surface area contributed by atoms with E-state index in [4.69, 9.17) is 4.74 Å². The van der Waals surface area contributed by atoms with Gasteiger partial charge in [0.1, 0.15) is 0 Å². The van der Waals surface area contributed by atoms with Crippen molar-refractivity contribution >= 4 is 5.96 Å². The number of likely N-dealkylation sites (tertiary alicyclic amines) is 1. The molecule has 0 aliphatic carbocycles. The number of aliphatic imine (C=N–C) groups is 1. The topological polar surface area (TPSA) is 48.9 Å². The third kappa shape index (κ3) is 7.99. The Morgan fingerprint density at radius 1 is 1.27 bits per heavy atom. The zero-order valence-electron chi connectivity index (χ0n) is 15.0. The Morgan fingerprint density at radius 2 is 2.00 bits per heavy atom. The molecule has 0 aromatic rings. The van der Waals surface area contributed by atoms with E-state index in [1.54, 1.807) is 0 Å². The molecule has 0 aromatic heterocycles. The summed E-state index contributed by atoms with van der Waals surface area (Å²) >= 11 is 0. The molecule has 1 fully saturated rings. The summed E-state index contributed by atoms with van der Waals surface area (Å²) in [5, 5.41) is 6.82. The van der Waals surface area contributed by atoms with Crippen LogP contribution in [0.4, 0.5) is 0 Å². The van der Waals surface area contributed by atoms with E-state index in [2.05, 4.69) is 34.4 Å². The van der Waals surface area contributed by atoms with Crippen molar-refractivity contribution in [3.05, 3.63) is 0 Å². The highest BCUT2D eigenvalue weighted by atomic mass is 16.5. The van der Waals surface area contributed by atoms with Crippen LogP contribution in [0.5, 0.6) is 0 Å². The van der Waals surface area contributed by atoms with Crippen LogP contribution >= 0.6 is 0 Å². The molecule has 0 radical (unpaired) electrons. The second-order valence-corrected chi connectivity index (χ2v) is 6.35. The van der Waals surface area contributed by atoms with Crippen molar-refractivity contribution in [2.24, 2.45) is 10.9 Å². The predicted octanol–water partition coefficient (Wildman–Crippen LogP) is 2.09. The van der Waals surface area contributed by atoms with E-state index in [9.17, 15) is 0 Å². The second-order valence-electron chi connectivity index (χ2n) is 6.35. The zero-order chi connectivity index (χ0) is 16.2. The van der Waals surface area contributed by atoms with Crippen LogP contribution < -0.4 is 10.6 Å². The van der Waals surface area contributed by atoms with Crippen LogP contribution in [0.2, 0.25) is 0 Å². The fraction of sp³-hybridized carbons (Fsp3) is 0.941. The summed E-state index contributed by atoms with van der Waals surface area (Å²) in [7, 11) is 1.84. The van der Waals surface area contributed by atoms with Crippen molar-refractivity contribution < 1.29 is 4.74 Å². The Balaban J connectivity index is 2.12. The van der Waals surface area contributed by atoms with E-state index >= 15 is 0 Å². The van der Waals surface area contributed by atoms with Crippen LogP contribution in [-0.2, 0) is 4.74 Å². The number of hydrogen-bond acceptors (Lipinski definition) is 3. The number of ether oxygens (including phenoxy) is 1. The predicted molar refractivity (Wildman–Crippen MR) is 94.5 cm³/mol. The third-order valence-electron chi connectivity index (χ3n) is 4.44. The molecule has 1 rings (SSSR count). The highest BCUT2D eigenvalue weighted by Crippen LogP contribution is 2.17. The van der Waals surface area contributed by atoms with Gasteiger partial charge in [-0.2, -0.15) is 0 Å². The Kier molecular flexibility index (Phi) is 10.2. The number of piperidine rings is 1. The van der Waals surface area contributed by atoms with Gasteiger partial charge in [-0.05, 0) is 58.5 Å². The van der Waals surface area contributed by atoms with Crippen molar-refractivity contribution in [3.63, 3.8) is 0 Å². The molecule has 0 bridgehead atoms. The Morgan fingerprint density at radius 3 is 2.64 bits per heavy atom. The SMILES string of the molecule is CCOCCCCNC(=NC)NCC(C)N1CCC(C)CC1. The summed E-state index contributed by atoms with van der Waals surface area (Å²) in [6, 6.07) is 0.559. The Hall–Kier alpha value is -0.810. The number of nitrogens with one attached hydrogen (secondary N) is 2. The standard InChI is InChI=1S/C17H36N4O/c1-5-22-13-7-6-10-19-17(18-4)20-14-16(3)21-11-8-15(2)9-12-21/h15-16H,5-14H2,1-4H3,(H2,18,19,20). The zero-order valence-corrected chi connectivity index (χ0v) is 15.0. The van der Waals surface area contributed by atoms with Crippen LogP contribution in [0, 0.1) is 5.92 Å². The first kappa shape index (κ1) is 19.2. The van der Waals surface area contributed by atoms with Gasteiger partial charge in [-0.3, -0.25) is 9.89 Å². The maximum absolute atomic E-state index is 5.34. The van der Waals surface area contributed by atoms with Crippen molar-refractivity contribution in [1.82, 2.24) is 15.5 Å². The van der Waals surface area contributed by atoms with E-state index in [0.29, 0.717) is 6.04 Å². The largest absolute Gasteiger partial charge is 0.382 e. The minimum absolute atomic E-state index is 0.559. The summed E-state index contributed by atoms with van der Waals surface area (Å²) in [6.07, 6.45) is 4.87. The third-order valence-corrected chi connectivity index (χ3v) is 4.44. The molecule has 2 N–H and O–H groups in total. The minimum Gasteiger partial charge on any atom is -0.382 e. The van der Waals surface area contributed by atoms with Crippen molar-refractivity contribution in [1.29, 1.82) is 0 Å². The molecule has 1 unspecified atom stereocenters. The van der Waals surface area contributed by atoms with Crippen LogP contribution in [-0.4, -0.2) is 63.3 Å². The molecule has 0 aromatic carbocycles. The highest BCUT2D eigenvalue weighted by molar-refractivity contribution is 5.79. The summed E-state index contributed by atoms with van der Waals surface area (Å²) in [4.78, 5) is 6.88. The van der Waals surface area contributed by atoms with Gasteiger partial charge in [0.2, 0.25) is 0 Å². The van der Waals surface area contributed by atoms with Crippen molar-refractivity contribution in [2.45, 2.75) is 52.5 Å². The van der Waals surface area contributed by atoms with Gasteiger partial charge in [-0.15, -0.1) is 0 Å². The van der Waals surface area contributed by atoms with Gasteiger partial charge in [-0.1, -0.05) is 6.92 Å². The van der Waals surface area contributed by atoms with Gasteiger partial charge in [0, 0.05) is 39.4 Å². The first-order valence-corrected chi connectivity index (χ1v) is 8.93.